The molecule has 1 aromatic heterocycles. The first-order valence-corrected chi connectivity index (χ1v) is 7.80. The molecule has 1 fully saturated rings. The van der Waals surface area contributed by atoms with Gasteiger partial charge in [-0.1, -0.05) is 37.3 Å². The predicted octanol–water partition coefficient (Wildman–Crippen LogP) is 2.89. The van der Waals surface area contributed by atoms with Gasteiger partial charge >= 0.3 is 0 Å². The van der Waals surface area contributed by atoms with Crippen molar-refractivity contribution in [2.75, 3.05) is 19.6 Å². The number of hydrogen-bond acceptors (Lipinski definition) is 3. The van der Waals surface area contributed by atoms with Crippen LogP contribution in [0.5, 0.6) is 0 Å². The summed E-state index contributed by atoms with van der Waals surface area (Å²) in [6.45, 7) is 5.24. The van der Waals surface area contributed by atoms with Crippen molar-refractivity contribution in [3.8, 4) is 0 Å². The van der Waals surface area contributed by atoms with Crippen LogP contribution in [0.4, 0.5) is 0 Å². The Kier molecular flexibility index (Phi) is 3.96. The summed E-state index contributed by atoms with van der Waals surface area (Å²) in [6.07, 6.45) is 13.2. The molecule has 1 atom stereocenters. The molecule has 0 amide bonds. The molecule has 112 valence electrons. The lowest BCUT2D eigenvalue weighted by Crippen LogP contribution is -2.46. The highest BCUT2D eigenvalue weighted by atomic mass is 16.3. The second-order valence-electron chi connectivity index (χ2n) is 6.67. The topological polar surface area (TPSA) is 36.4 Å². The number of aliphatic hydroxyl groups is 1. The number of piperidine rings is 1. The Hall–Kier alpha value is -1.45. The Labute approximate surface area is 127 Å². The van der Waals surface area contributed by atoms with Gasteiger partial charge in [0, 0.05) is 31.2 Å². The van der Waals surface area contributed by atoms with Gasteiger partial charge in [0.2, 0.25) is 0 Å². The van der Waals surface area contributed by atoms with Gasteiger partial charge in [-0.05, 0) is 31.4 Å². The molecule has 21 heavy (non-hydrogen) atoms. The Morgan fingerprint density at radius 1 is 1.24 bits per heavy atom. The number of pyridine rings is 1. The van der Waals surface area contributed by atoms with Crippen molar-refractivity contribution >= 4 is 0 Å². The first kappa shape index (κ1) is 14.5. The molecule has 0 radical (unpaired) electrons. The average molecular weight is 284 g/mol. The summed E-state index contributed by atoms with van der Waals surface area (Å²) in [5.41, 5.74) is 0.298. The van der Waals surface area contributed by atoms with E-state index in [-0.39, 0.29) is 5.41 Å². The quantitative estimate of drug-likeness (QED) is 0.927. The number of likely N-dealkylation sites (tertiary alicyclic amines) is 1. The zero-order valence-electron chi connectivity index (χ0n) is 12.7. The molecule has 2 heterocycles. The molecule has 0 aromatic carbocycles. The minimum atomic E-state index is -0.749. The van der Waals surface area contributed by atoms with Crippen LogP contribution < -0.4 is 0 Å². The van der Waals surface area contributed by atoms with E-state index < -0.39 is 5.60 Å². The normalized spacial score (nSPS) is 28.7. The van der Waals surface area contributed by atoms with E-state index in [9.17, 15) is 5.11 Å². The number of aromatic nitrogens is 1. The van der Waals surface area contributed by atoms with Crippen LogP contribution in [0.15, 0.2) is 48.7 Å². The van der Waals surface area contributed by atoms with E-state index in [0.717, 1.165) is 44.6 Å². The van der Waals surface area contributed by atoms with E-state index in [1.54, 1.807) is 6.20 Å². The van der Waals surface area contributed by atoms with Crippen LogP contribution in [-0.2, 0) is 5.60 Å². The third-order valence-corrected chi connectivity index (χ3v) is 4.74. The first-order chi connectivity index (χ1) is 10.1. The minimum absolute atomic E-state index is 0.231. The van der Waals surface area contributed by atoms with Crippen LogP contribution in [-0.4, -0.2) is 34.6 Å². The van der Waals surface area contributed by atoms with Crippen molar-refractivity contribution < 1.29 is 5.11 Å². The van der Waals surface area contributed by atoms with Crippen molar-refractivity contribution in [1.29, 1.82) is 0 Å². The molecule has 1 N–H and O–H groups in total. The fourth-order valence-electron chi connectivity index (χ4n) is 3.38. The lowest BCUT2D eigenvalue weighted by Gasteiger charge is -2.41. The maximum Gasteiger partial charge on any atom is 0.109 e. The fraction of sp³-hybridized carbons (Fsp3) is 0.500. The molecular formula is C18H24N2O. The van der Waals surface area contributed by atoms with Gasteiger partial charge < -0.3 is 10.0 Å². The van der Waals surface area contributed by atoms with Crippen LogP contribution >= 0.6 is 0 Å². The Balaban J connectivity index is 1.60. The highest BCUT2D eigenvalue weighted by Gasteiger charge is 2.36. The largest absolute Gasteiger partial charge is 0.383 e. The van der Waals surface area contributed by atoms with Gasteiger partial charge in [0.15, 0.2) is 0 Å². The minimum Gasteiger partial charge on any atom is -0.383 e. The van der Waals surface area contributed by atoms with Gasteiger partial charge in [0.25, 0.3) is 0 Å². The molecule has 3 heteroatoms. The molecule has 1 saturated heterocycles. The van der Waals surface area contributed by atoms with E-state index in [1.165, 1.54) is 0 Å². The van der Waals surface area contributed by atoms with Gasteiger partial charge in [-0.15, -0.1) is 0 Å². The van der Waals surface area contributed by atoms with E-state index in [4.69, 9.17) is 0 Å². The summed E-state index contributed by atoms with van der Waals surface area (Å²) >= 11 is 0. The second-order valence-corrected chi connectivity index (χ2v) is 6.67. The van der Waals surface area contributed by atoms with E-state index in [0.29, 0.717) is 0 Å². The summed E-state index contributed by atoms with van der Waals surface area (Å²) in [6, 6.07) is 5.78. The average Bonchev–Trinajstić information content (AvgIpc) is 2.51. The fourth-order valence-corrected chi connectivity index (χ4v) is 3.38. The van der Waals surface area contributed by atoms with E-state index >= 15 is 0 Å². The second kappa shape index (κ2) is 5.74. The Bertz CT molecular complexity index is 529. The van der Waals surface area contributed by atoms with Crippen molar-refractivity contribution in [1.82, 2.24) is 9.88 Å². The van der Waals surface area contributed by atoms with Gasteiger partial charge in [-0.25, -0.2) is 0 Å². The number of hydrogen-bond donors (Lipinski definition) is 1. The number of rotatable bonds is 3. The standard InChI is InChI=1S/C18H24N2O/c1-17(8-4-2-5-9-17)15-20-13-10-18(21,11-14-20)16-7-3-6-12-19-16/h2-8,12,21H,9-11,13-15H2,1H3. The van der Waals surface area contributed by atoms with Crippen LogP contribution in [0, 0.1) is 5.41 Å². The smallest absolute Gasteiger partial charge is 0.109 e. The number of nitrogens with zero attached hydrogens (tertiary/aromatic N) is 2. The molecule has 1 unspecified atom stereocenters. The molecule has 3 rings (SSSR count). The van der Waals surface area contributed by atoms with Crippen LogP contribution in [0.1, 0.15) is 31.9 Å². The van der Waals surface area contributed by atoms with Gasteiger partial charge in [0.1, 0.15) is 5.60 Å². The van der Waals surface area contributed by atoms with Gasteiger partial charge in [-0.2, -0.15) is 0 Å². The SMILES string of the molecule is CC1(CN2CCC(O)(c3ccccn3)CC2)C=CC=CC1. The molecular weight excluding hydrogens is 260 g/mol. The van der Waals surface area contributed by atoms with Crippen molar-refractivity contribution in [2.45, 2.75) is 31.8 Å². The third kappa shape index (κ3) is 3.25. The maximum absolute atomic E-state index is 10.8. The summed E-state index contributed by atoms with van der Waals surface area (Å²) in [5, 5.41) is 10.8. The van der Waals surface area contributed by atoms with Gasteiger partial charge in [0.05, 0.1) is 5.69 Å². The summed E-state index contributed by atoms with van der Waals surface area (Å²) in [7, 11) is 0. The molecule has 3 nitrogen and oxygen atoms in total. The zero-order valence-corrected chi connectivity index (χ0v) is 12.7. The summed E-state index contributed by atoms with van der Waals surface area (Å²) in [4.78, 5) is 6.81. The number of allylic oxidation sites excluding steroid dienone is 3. The van der Waals surface area contributed by atoms with Crippen LogP contribution in [0.3, 0.4) is 0 Å². The van der Waals surface area contributed by atoms with E-state index in [1.807, 2.05) is 18.2 Å². The lowest BCUT2D eigenvalue weighted by molar-refractivity contribution is -0.0343. The molecule has 2 aliphatic rings. The van der Waals surface area contributed by atoms with Crippen molar-refractivity contribution in [3.05, 3.63) is 54.4 Å². The van der Waals surface area contributed by atoms with Crippen molar-refractivity contribution in [2.24, 2.45) is 5.41 Å². The Morgan fingerprint density at radius 2 is 2.05 bits per heavy atom. The lowest BCUT2D eigenvalue weighted by atomic mass is 9.81. The maximum atomic E-state index is 10.8. The zero-order chi connectivity index (χ0) is 14.8. The molecule has 1 aromatic rings. The predicted molar refractivity (Wildman–Crippen MR) is 84.8 cm³/mol. The molecule has 0 bridgehead atoms. The monoisotopic (exact) mass is 284 g/mol. The third-order valence-electron chi connectivity index (χ3n) is 4.74. The summed E-state index contributed by atoms with van der Waals surface area (Å²) < 4.78 is 0. The summed E-state index contributed by atoms with van der Waals surface area (Å²) in [5.74, 6) is 0. The molecule has 1 aliphatic heterocycles. The van der Waals surface area contributed by atoms with E-state index in [2.05, 4.69) is 41.1 Å². The van der Waals surface area contributed by atoms with Crippen LogP contribution in [0.2, 0.25) is 0 Å². The molecule has 0 spiro atoms. The van der Waals surface area contributed by atoms with Crippen LogP contribution in [0.25, 0.3) is 0 Å². The van der Waals surface area contributed by atoms with Crippen molar-refractivity contribution in [3.63, 3.8) is 0 Å². The molecule has 0 saturated carbocycles. The highest BCUT2D eigenvalue weighted by molar-refractivity contribution is 5.17. The highest BCUT2D eigenvalue weighted by Crippen LogP contribution is 2.34. The Morgan fingerprint density at radius 3 is 2.67 bits per heavy atom. The first-order valence-electron chi connectivity index (χ1n) is 7.80. The molecule has 1 aliphatic carbocycles. The van der Waals surface area contributed by atoms with Gasteiger partial charge in [-0.3, -0.25) is 4.98 Å².